The van der Waals surface area contributed by atoms with Gasteiger partial charge in [0.1, 0.15) is 11.4 Å². The maximum atomic E-state index is 11.4. The number of nitrogens with one attached hydrogen (secondary N) is 1. The highest BCUT2D eigenvalue weighted by molar-refractivity contribution is 5.73. The summed E-state index contributed by atoms with van der Waals surface area (Å²) in [4.78, 5) is 11.4. The zero-order valence-electron chi connectivity index (χ0n) is 11.9. The van der Waals surface area contributed by atoms with Gasteiger partial charge in [-0.05, 0) is 38.5 Å². The van der Waals surface area contributed by atoms with Gasteiger partial charge in [-0.25, -0.2) is 0 Å². The molecule has 2 unspecified atom stereocenters. The molecule has 1 aromatic carbocycles. The molecule has 0 saturated carbocycles. The van der Waals surface area contributed by atoms with Crippen LogP contribution in [0.1, 0.15) is 57.4 Å². The highest BCUT2D eigenvalue weighted by atomic mass is 16.5. The van der Waals surface area contributed by atoms with Crippen molar-refractivity contribution in [3.05, 3.63) is 29.3 Å². The summed E-state index contributed by atoms with van der Waals surface area (Å²) in [6.45, 7) is 7.25. The van der Waals surface area contributed by atoms with Crippen LogP contribution in [0.25, 0.3) is 0 Å². The number of rotatable bonds is 2. The van der Waals surface area contributed by atoms with E-state index in [0.29, 0.717) is 6.42 Å². The standard InChI is InChI=1S/C15H21NO3/c1-9(17)11-5-6-14-12(7-11)13(16-10(2)18)8-15(3,4)19-14/h5-7,9,13,17H,8H2,1-4H3,(H,16,18). The molecule has 0 fully saturated rings. The second-order valence-corrected chi connectivity index (χ2v) is 5.79. The molecule has 104 valence electrons. The zero-order valence-corrected chi connectivity index (χ0v) is 11.9. The van der Waals surface area contributed by atoms with Gasteiger partial charge in [0.2, 0.25) is 5.91 Å². The SMILES string of the molecule is CC(=O)NC1CC(C)(C)Oc2ccc(C(C)O)cc21. The number of ether oxygens (including phenoxy) is 1. The Labute approximate surface area is 113 Å². The van der Waals surface area contributed by atoms with Gasteiger partial charge >= 0.3 is 0 Å². The minimum absolute atomic E-state index is 0.0592. The summed E-state index contributed by atoms with van der Waals surface area (Å²) in [5.74, 6) is 0.718. The molecule has 1 amide bonds. The maximum absolute atomic E-state index is 11.4. The molecular weight excluding hydrogens is 242 g/mol. The number of benzene rings is 1. The van der Waals surface area contributed by atoms with Gasteiger partial charge in [-0.3, -0.25) is 4.79 Å². The van der Waals surface area contributed by atoms with E-state index in [1.165, 1.54) is 6.92 Å². The van der Waals surface area contributed by atoms with Crippen molar-refractivity contribution < 1.29 is 14.6 Å². The fraction of sp³-hybridized carbons (Fsp3) is 0.533. The number of aliphatic hydroxyl groups is 1. The van der Waals surface area contributed by atoms with Gasteiger partial charge in [0.05, 0.1) is 12.1 Å². The van der Waals surface area contributed by atoms with E-state index < -0.39 is 6.10 Å². The third kappa shape index (κ3) is 3.07. The Balaban J connectivity index is 2.42. The lowest BCUT2D eigenvalue weighted by molar-refractivity contribution is -0.120. The van der Waals surface area contributed by atoms with Gasteiger partial charge in [-0.1, -0.05) is 6.07 Å². The van der Waals surface area contributed by atoms with Crippen molar-refractivity contribution in [2.24, 2.45) is 0 Å². The van der Waals surface area contributed by atoms with E-state index in [1.54, 1.807) is 6.92 Å². The Kier molecular flexibility index (Phi) is 3.54. The summed E-state index contributed by atoms with van der Waals surface area (Å²) < 4.78 is 5.93. The fourth-order valence-corrected chi connectivity index (χ4v) is 2.51. The van der Waals surface area contributed by atoms with Gasteiger partial charge in [0.15, 0.2) is 0 Å². The molecule has 2 atom stereocenters. The summed E-state index contributed by atoms with van der Waals surface area (Å²) in [5.41, 5.74) is 1.46. The number of carbonyl (C=O) groups excluding carboxylic acids is 1. The van der Waals surface area contributed by atoms with E-state index in [4.69, 9.17) is 4.74 Å². The molecular formula is C15H21NO3. The van der Waals surface area contributed by atoms with Crippen LogP contribution in [0.15, 0.2) is 18.2 Å². The van der Waals surface area contributed by atoms with Crippen LogP contribution < -0.4 is 10.1 Å². The summed E-state index contributed by atoms with van der Waals surface area (Å²) in [7, 11) is 0. The highest BCUT2D eigenvalue weighted by Crippen LogP contribution is 2.40. The predicted molar refractivity (Wildman–Crippen MR) is 73.0 cm³/mol. The largest absolute Gasteiger partial charge is 0.487 e. The first-order valence-corrected chi connectivity index (χ1v) is 6.56. The van der Waals surface area contributed by atoms with Crippen LogP contribution in [0.3, 0.4) is 0 Å². The van der Waals surface area contributed by atoms with Crippen LogP contribution in [0, 0.1) is 0 Å². The van der Waals surface area contributed by atoms with Crippen molar-refractivity contribution in [3.63, 3.8) is 0 Å². The third-order valence-electron chi connectivity index (χ3n) is 3.35. The molecule has 2 rings (SSSR count). The number of carbonyl (C=O) groups is 1. The lowest BCUT2D eigenvalue weighted by Gasteiger charge is -2.38. The van der Waals surface area contributed by atoms with E-state index in [2.05, 4.69) is 5.32 Å². The van der Waals surface area contributed by atoms with Gasteiger partial charge < -0.3 is 15.2 Å². The zero-order chi connectivity index (χ0) is 14.2. The van der Waals surface area contributed by atoms with E-state index in [1.807, 2.05) is 32.0 Å². The topological polar surface area (TPSA) is 58.6 Å². The number of aliphatic hydroxyl groups excluding tert-OH is 1. The quantitative estimate of drug-likeness (QED) is 0.861. The number of amides is 1. The summed E-state index contributed by atoms with van der Waals surface area (Å²) in [6, 6.07) is 5.56. The van der Waals surface area contributed by atoms with Crippen LogP contribution in [0.5, 0.6) is 5.75 Å². The monoisotopic (exact) mass is 263 g/mol. The minimum Gasteiger partial charge on any atom is -0.487 e. The number of hydrogen-bond donors (Lipinski definition) is 2. The molecule has 0 bridgehead atoms. The number of hydrogen-bond acceptors (Lipinski definition) is 3. The lowest BCUT2D eigenvalue weighted by atomic mass is 9.88. The van der Waals surface area contributed by atoms with Crippen molar-refractivity contribution >= 4 is 5.91 Å². The van der Waals surface area contributed by atoms with Crippen LogP contribution >= 0.6 is 0 Å². The van der Waals surface area contributed by atoms with Gasteiger partial charge in [-0.2, -0.15) is 0 Å². The van der Waals surface area contributed by atoms with Crippen molar-refractivity contribution in [3.8, 4) is 5.75 Å². The van der Waals surface area contributed by atoms with E-state index in [0.717, 1.165) is 16.9 Å². The fourth-order valence-electron chi connectivity index (χ4n) is 2.51. The average molecular weight is 263 g/mol. The molecule has 4 nitrogen and oxygen atoms in total. The van der Waals surface area contributed by atoms with Crippen LogP contribution in [-0.2, 0) is 4.79 Å². The molecule has 0 radical (unpaired) electrons. The molecule has 19 heavy (non-hydrogen) atoms. The summed E-state index contributed by atoms with van der Waals surface area (Å²) in [6.07, 6.45) is 0.182. The van der Waals surface area contributed by atoms with Gasteiger partial charge in [-0.15, -0.1) is 0 Å². The van der Waals surface area contributed by atoms with Gasteiger partial charge in [0.25, 0.3) is 0 Å². The smallest absolute Gasteiger partial charge is 0.217 e. The van der Waals surface area contributed by atoms with Crippen molar-refractivity contribution in [2.45, 2.75) is 51.9 Å². The van der Waals surface area contributed by atoms with E-state index in [9.17, 15) is 9.90 Å². The van der Waals surface area contributed by atoms with Crippen molar-refractivity contribution in [2.75, 3.05) is 0 Å². The molecule has 2 N–H and O–H groups in total. The second-order valence-electron chi connectivity index (χ2n) is 5.79. The van der Waals surface area contributed by atoms with Gasteiger partial charge in [0, 0.05) is 18.9 Å². The normalized spacial score (nSPS) is 22.1. The van der Waals surface area contributed by atoms with Crippen LogP contribution in [0.2, 0.25) is 0 Å². The molecule has 0 aromatic heterocycles. The second kappa shape index (κ2) is 4.85. The lowest BCUT2D eigenvalue weighted by Crippen LogP contribution is -2.40. The Hall–Kier alpha value is -1.55. The Bertz CT molecular complexity index is 494. The Morgan fingerprint density at radius 2 is 2.21 bits per heavy atom. The maximum Gasteiger partial charge on any atom is 0.217 e. The molecule has 1 aliphatic rings. The average Bonchev–Trinajstić information content (AvgIpc) is 2.25. The summed E-state index contributed by atoms with van der Waals surface area (Å²) in [5, 5.41) is 12.6. The molecule has 0 aliphatic carbocycles. The first-order chi connectivity index (χ1) is 8.78. The Morgan fingerprint density at radius 3 is 2.79 bits per heavy atom. The first-order valence-electron chi connectivity index (χ1n) is 6.56. The van der Waals surface area contributed by atoms with E-state index >= 15 is 0 Å². The molecule has 1 heterocycles. The molecule has 0 saturated heterocycles. The molecule has 0 spiro atoms. The third-order valence-corrected chi connectivity index (χ3v) is 3.35. The summed E-state index contributed by atoms with van der Waals surface area (Å²) >= 11 is 0. The number of fused-ring (bicyclic) bond motifs is 1. The highest BCUT2D eigenvalue weighted by Gasteiger charge is 2.34. The Morgan fingerprint density at radius 1 is 1.53 bits per heavy atom. The van der Waals surface area contributed by atoms with Crippen LogP contribution in [-0.4, -0.2) is 16.6 Å². The van der Waals surface area contributed by atoms with Crippen molar-refractivity contribution in [1.82, 2.24) is 5.32 Å². The molecule has 1 aromatic rings. The molecule has 4 heteroatoms. The molecule has 1 aliphatic heterocycles. The predicted octanol–water partition coefficient (Wildman–Crippen LogP) is 2.48. The van der Waals surface area contributed by atoms with E-state index in [-0.39, 0.29) is 17.6 Å². The minimum atomic E-state index is -0.529. The van der Waals surface area contributed by atoms with Crippen molar-refractivity contribution in [1.29, 1.82) is 0 Å². The van der Waals surface area contributed by atoms with Crippen LogP contribution in [0.4, 0.5) is 0 Å². The first kappa shape index (κ1) is 13.9.